The Morgan fingerprint density at radius 2 is 1.57 bits per heavy atom. The number of benzene rings is 1. The first-order valence-corrected chi connectivity index (χ1v) is 11.7. The van der Waals surface area contributed by atoms with Crippen molar-refractivity contribution in [1.82, 2.24) is 21.3 Å². The van der Waals surface area contributed by atoms with Gasteiger partial charge in [0.25, 0.3) is 0 Å². The molecule has 1 saturated heterocycles. The maximum atomic E-state index is 13.1. The molecule has 192 valence electrons. The summed E-state index contributed by atoms with van der Waals surface area (Å²) in [7, 11) is 0. The third-order valence-electron chi connectivity index (χ3n) is 5.63. The monoisotopic (exact) mass is 490 g/mol. The predicted molar refractivity (Wildman–Crippen MR) is 126 cm³/mol. The van der Waals surface area contributed by atoms with Crippen LogP contribution in [-0.2, 0) is 30.4 Å². The molecule has 1 aliphatic rings. The molecule has 0 radical (unpaired) electrons. The lowest BCUT2D eigenvalue weighted by Gasteiger charge is -2.25. The van der Waals surface area contributed by atoms with Crippen molar-refractivity contribution in [3.05, 3.63) is 35.9 Å². The molecule has 0 aromatic heterocycles. The molecule has 35 heavy (non-hydrogen) atoms. The van der Waals surface area contributed by atoms with E-state index >= 15 is 0 Å². The number of aliphatic carboxylic acids is 2. The van der Waals surface area contributed by atoms with E-state index in [0.29, 0.717) is 18.5 Å². The molecule has 1 aliphatic heterocycles. The van der Waals surface area contributed by atoms with E-state index in [1.54, 1.807) is 30.3 Å². The molecule has 1 aromatic carbocycles. The molecule has 4 unspecified atom stereocenters. The Hall–Kier alpha value is -3.47. The average Bonchev–Trinajstić information content (AvgIpc) is 3.33. The highest BCUT2D eigenvalue weighted by Gasteiger charge is 2.32. The van der Waals surface area contributed by atoms with Gasteiger partial charge in [0, 0.05) is 6.42 Å². The number of carboxylic acids is 2. The van der Waals surface area contributed by atoms with Gasteiger partial charge in [0.1, 0.15) is 18.1 Å². The summed E-state index contributed by atoms with van der Waals surface area (Å²) in [6.45, 7) is 4.29. The van der Waals surface area contributed by atoms with Gasteiger partial charge in [-0.25, -0.2) is 4.79 Å². The predicted octanol–water partition coefficient (Wildman–Crippen LogP) is 0.0409. The molecule has 0 spiro atoms. The van der Waals surface area contributed by atoms with Crippen molar-refractivity contribution in [2.75, 3.05) is 6.54 Å². The third-order valence-corrected chi connectivity index (χ3v) is 5.63. The average molecular weight is 491 g/mol. The van der Waals surface area contributed by atoms with E-state index in [1.807, 2.05) is 13.8 Å². The highest BCUT2D eigenvalue weighted by Crippen LogP contribution is 2.09. The van der Waals surface area contributed by atoms with Crippen LogP contribution in [-0.4, -0.2) is 70.6 Å². The van der Waals surface area contributed by atoms with Gasteiger partial charge in [0.2, 0.25) is 17.7 Å². The molecule has 11 nitrogen and oxygen atoms in total. The fourth-order valence-corrected chi connectivity index (χ4v) is 3.86. The van der Waals surface area contributed by atoms with E-state index in [4.69, 9.17) is 0 Å². The van der Waals surface area contributed by atoms with Gasteiger partial charge in [-0.3, -0.25) is 19.2 Å². The van der Waals surface area contributed by atoms with E-state index < -0.39 is 60.2 Å². The summed E-state index contributed by atoms with van der Waals surface area (Å²) in [6, 6.07) is 4.54. The second-order valence-electron chi connectivity index (χ2n) is 9.09. The van der Waals surface area contributed by atoms with Crippen molar-refractivity contribution in [3.8, 4) is 0 Å². The van der Waals surface area contributed by atoms with Crippen LogP contribution in [0.4, 0.5) is 0 Å². The molecular formula is C24H34N4O7. The zero-order valence-electron chi connectivity index (χ0n) is 20.0. The minimum Gasteiger partial charge on any atom is -0.481 e. The molecule has 4 atom stereocenters. The highest BCUT2D eigenvalue weighted by atomic mass is 16.4. The van der Waals surface area contributed by atoms with E-state index in [1.165, 1.54) is 0 Å². The van der Waals surface area contributed by atoms with Crippen LogP contribution in [0.25, 0.3) is 0 Å². The lowest BCUT2D eigenvalue weighted by molar-refractivity contribution is -0.143. The van der Waals surface area contributed by atoms with Crippen LogP contribution in [0.5, 0.6) is 0 Å². The highest BCUT2D eigenvalue weighted by molar-refractivity contribution is 5.95. The Morgan fingerprint density at radius 3 is 2.11 bits per heavy atom. The zero-order chi connectivity index (χ0) is 26.0. The summed E-state index contributed by atoms with van der Waals surface area (Å²) < 4.78 is 0. The quantitative estimate of drug-likeness (QED) is 0.225. The van der Waals surface area contributed by atoms with Crippen molar-refractivity contribution in [2.45, 2.75) is 70.1 Å². The smallest absolute Gasteiger partial charge is 0.326 e. The number of hydrogen-bond donors (Lipinski definition) is 6. The van der Waals surface area contributed by atoms with E-state index in [0.717, 1.165) is 6.42 Å². The van der Waals surface area contributed by atoms with E-state index in [-0.39, 0.29) is 18.8 Å². The van der Waals surface area contributed by atoms with Crippen molar-refractivity contribution in [1.29, 1.82) is 0 Å². The summed E-state index contributed by atoms with van der Waals surface area (Å²) in [5.74, 6) is -4.54. The molecule has 0 aliphatic carbocycles. The molecule has 6 N–H and O–H groups in total. The minimum atomic E-state index is -1.40. The van der Waals surface area contributed by atoms with Gasteiger partial charge in [-0.2, -0.15) is 0 Å². The SMILES string of the molecule is CC(C)CC(NC(=O)C(Cc1ccccc1)NC(=O)C(CC(=O)O)NC(=O)C1CCCN1)C(=O)O. The van der Waals surface area contributed by atoms with Crippen LogP contribution >= 0.6 is 0 Å². The Morgan fingerprint density at radius 1 is 0.943 bits per heavy atom. The number of amides is 3. The number of rotatable bonds is 13. The Kier molecular flexibility index (Phi) is 10.7. The molecule has 0 saturated carbocycles. The van der Waals surface area contributed by atoms with Gasteiger partial charge >= 0.3 is 11.9 Å². The van der Waals surface area contributed by atoms with Crippen molar-refractivity contribution >= 4 is 29.7 Å². The van der Waals surface area contributed by atoms with Crippen LogP contribution < -0.4 is 21.3 Å². The van der Waals surface area contributed by atoms with Gasteiger partial charge < -0.3 is 31.5 Å². The summed E-state index contributed by atoms with van der Waals surface area (Å²) in [4.78, 5) is 61.6. The van der Waals surface area contributed by atoms with Gasteiger partial charge in [-0.05, 0) is 37.3 Å². The van der Waals surface area contributed by atoms with E-state index in [2.05, 4.69) is 21.3 Å². The topological polar surface area (TPSA) is 174 Å². The van der Waals surface area contributed by atoms with Crippen LogP contribution in [0.15, 0.2) is 30.3 Å². The van der Waals surface area contributed by atoms with Crippen molar-refractivity contribution in [3.63, 3.8) is 0 Å². The lowest BCUT2D eigenvalue weighted by atomic mass is 10.0. The third kappa shape index (κ3) is 9.36. The fourth-order valence-electron chi connectivity index (χ4n) is 3.86. The maximum Gasteiger partial charge on any atom is 0.326 e. The fraction of sp³-hybridized carbons (Fsp3) is 0.542. The van der Waals surface area contributed by atoms with Gasteiger partial charge in [0.15, 0.2) is 0 Å². The molecule has 2 rings (SSSR count). The first-order chi connectivity index (χ1) is 16.6. The number of carbonyl (C=O) groups is 5. The summed E-state index contributed by atoms with van der Waals surface area (Å²) in [5.41, 5.74) is 0.706. The van der Waals surface area contributed by atoms with Crippen LogP contribution in [0.2, 0.25) is 0 Å². The first kappa shape index (κ1) is 27.8. The Balaban J connectivity index is 2.20. The number of carbonyl (C=O) groups excluding carboxylic acids is 3. The summed E-state index contributed by atoms with van der Waals surface area (Å²) in [6.07, 6.45) is 0.922. The van der Waals surface area contributed by atoms with Gasteiger partial charge in [-0.15, -0.1) is 0 Å². The van der Waals surface area contributed by atoms with E-state index in [9.17, 15) is 34.2 Å². The second kappa shape index (κ2) is 13.4. The Bertz CT molecular complexity index is 900. The Labute approximate surface area is 204 Å². The van der Waals surface area contributed by atoms with Gasteiger partial charge in [0.05, 0.1) is 12.5 Å². The molecular weight excluding hydrogens is 456 g/mol. The standard InChI is InChI=1S/C24H34N4O7/c1-14(2)11-19(24(34)35)28-22(32)17(12-15-7-4-3-5-8-15)26-23(33)18(13-20(29)30)27-21(31)16-9-6-10-25-16/h3-5,7-8,14,16-19,25H,6,9-13H2,1-2H3,(H,26,33)(H,27,31)(H,28,32)(H,29,30)(H,34,35). The van der Waals surface area contributed by atoms with Crippen LogP contribution in [0.1, 0.15) is 45.1 Å². The number of hydrogen-bond acceptors (Lipinski definition) is 6. The van der Waals surface area contributed by atoms with Gasteiger partial charge in [-0.1, -0.05) is 44.2 Å². The summed E-state index contributed by atoms with van der Waals surface area (Å²) in [5, 5.41) is 29.2. The molecule has 1 heterocycles. The molecule has 1 aromatic rings. The molecule has 11 heteroatoms. The summed E-state index contributed by atoms with van der Waals surface area (Å²) >= 11 is 0. The zero-order valence-corrected chi connectivity index (χ0v) is 20.0. The number of carboxylic acid groups (broad SMARTS) is 2. The van der Waals surface area contributed by atoms with Crippen molar-refractivity contribution in [2.24, 2.45) is 5.92 Å². The van der Waals surface area contributed by atoms with Crippen LogP contribution in [0.3, 0.4) is 0 Å². The van der Waals surface area contributed by atoms with Crippen LogP contribution in [0, 0.1) is 5.92 Å². The number of nitrogens with one attached hydrogen (secondary N) is 4. The molecule has 3 amide bonds. The second-order valence-corrected chi connectivity index (χ2v) is 9.09. The molecule has 1 fully saturated rings. The largest absolute Gasteiger partial charge is 0.481 e. The van der Waals surface area contributed by atoms with Crippen molar-refractivity contribution < 1.29 is 34.2 Å². The maximum absolute atomic E-state index is 13.1. The lowest BCUT2D eigenvalue weighted by Crippen LogP contribution is -2.58. The minimum absolute atomic E-state index is 0.00193. The molecule has 0 bridgehead atoms. The first-order valence-electron chi connectivity index (χ1n) is 11.7. The normalized spacial score (nSPS) is 17.7.